The standard InChI is InChI=1S/C22H27NO10/c1-12(24)29-11-18-20(30-13(2)25)21(31-14(3)26)19(22(33-18)32-15(4)27)23-10-16-6-8-17(28-5)9-7-16/h6-10,18-22H,11H2,1-5H3/t18-,19-,20+,21+,22-/m0/s1. The van der Waals surface area contributed by atoms with Crippen molar-refractivity contribution in [3.63, 3.8) is 0 Å². The lowest BCUT2D eigenvalue weighted by Crippen LogP contribution is -2.61. The van der Waals surface area contributed by atoms with Crippen LogP contribution >= 0.6 is 0 Å². The summed E-state index contributed by atoms with van der Waals surface area (Å²) < 4.78 is 32.0. The van der Waals surface area contributed by atoms with Gasteiger partial charge in [0.15, 0.2) is 18.2 Å². The number of rotatable bonds is 8. The lowest BCUT2D eigenvalue weighted by Gasteiger charge is -2.42. The maximum absolute atomic E-state index is 11.9. The summed E-state index contributed by atoms with van der Waals surface area (Å²) >= 11 is 0. The van der Waals surface area contributed by atoms with E-state index in [1.54, 1.807) is 24.3 Å². The molecule has 180 valence electrons. The number of carbonyl (C=O) groups excluding carboxylic acids is 4. The number of benzene rings is 1. The Hall–Kier alpha value is -3.47. The molecular formula is C22H27NO10. The smallest absolute Gasteiger partial charge is 0.305 e. The molecule has 0 aliphatic carbocycles. The van der Waals surface area contributed by atoms with Gasteiger partial charge >= 0.3 is 23.9 Å². The van der Waals surface area contributed by atoms with E-state index in [0.717, 1.165) is 0 Å². The Morgan fingerprint density at radius 1 is 0.879 bits per heavy atom. The number of methoxy groups -OCH3 is 1. The molecule has 1 saturated heterocycles. The van der Waals surface area contributed by atoms with Crippen LogP contribution in [0.5, 0.6) is 5.75 Å². The summed E-state index contributed by atoms with van der Waals surface area (Å²) in [6.07, 6.45) is -3.31. The molecule has 5 atom stereocenters. The number of hydrogen-bond donors (Lipinski definition) is 0. The molecule has 0 radical (unpaired) electrons. The molecule has 0 saturated carbocycles. The van der Waals surface area contributed by atoms with Crippen LogP contribution in [0.3, 0.4) is 0 Å². The van der Waals surface area contributed by atoms with Crippen molar-refractivity contribution in [3.05, 3.63) is 29.8 Å². The summed E-state index contributed by atoms with van der Waals surface area (Å²) in [4.78, 5) is 51.1. The Morgan fingerprint density at radius 2 is 1.45 bits per heavy atom. The van der Waals surface area contributed by atoms with Crippen LogP contribution in [-0.2, 0) is 42.9 Å². The normalized spacial score (nSPS) is 24.6. The van der Waals surface area contributed by atoms with Crippen LogP contribution in [-0.4, -0.2) is 74.5 Å². The Kier molecular flexibility index (Phi) is 9.34. The van der Waals surface area contributed by atoms with Crippen LogP contribution in [0.1, 0.15) is 33.3 Å². The molecule has 0 bridgehead atoms. The number of nitrogens with zero attached hydrogens (tertiary/aromatic N) is 1. The molecule has 1 aliphatic heterocycles. The third-order valence-electron chi connectivity index (χ3n) is 4.46. The molecule has 11 heteroatoms. The first kappa shape index (κ1) is 25.8. The predicted octanol–water partition coefficient (Wildman–Crippen LogP) is 1.20. The average Bonchev–Trinajstić information content (AvgIpc) is 2.73. The molecule has 2 rings (SSSR count). The summed E-state index contributed by atoms with van der Waals surface area (Å²) in [5, 5.41) is 0. The lowest BCUT2D eigenvalue weighted by atomic mass is 9.96. The van der Waals surface area contributed by atoms with Gasteiger partial charge in [-0.1, -0.05) is 0 Å². The van der Waals surface area contributed by atoms with Gasteiger partial charge in [-0.25, -0.2) is 0 Å². The number of esters is 4. The van der Waals surface area contributed by atoms with E-state index in [0.29, 0.717) is 11.3 Å². The fourth-order valence-electron chi connectivity index (χ4n) is 3.17. The van der Waals surface area contributed by atoms with Gasteiger partial charge in [0, 0.05) is 33.9 Å². The van der Waals surface area contributed by atoms with Gasteiger partial charge in [0.1, 0.15) is 18.5 Å². The quantitative estimate of drug-likeness (QED) is 0.313. The van der Waals surface area contributed by atoms with E-state index >= 15 is 0 Å². The van der Waals surface area contributed by atoms with Gasteiger partial charge in [0.05, 0.1) is 7.11 Å². The molecule has 33 heavy (non-hydrogen) atoms. The molecule has 0 N–H and O–H groups in total. The second-order valence-corrected chi connectivity index (χ2v) is 7.14. The largest absolute Gasteiger partial charge is 0.497 e. The maximum atomic E-state index is 11.9. The second-order valence-electron chi connectivity index (χ2n) is 7.14. The molecule has 1 aliphatic rings. The zero-order valence-corrected chi connectivity index (χ0v) is 19.0. The molecule has 0 spiro atoms. The molecule has 1 heterocycles. The van der Waals surface area contributed by atoms with E-state index in [9.17, 15) is 19.2 Å². The summed E-state index contributed by atoms with van der Waals surface area (Å²) in [7, 11) is 1.54. The number of hydrogen-bond acceptors (Lipinski definition) is 11. The molecule has 11 nitrogen and oxygen atoms in total. The van der Waals surface area contributed by atoms with E-state index in [2.05, 4.69) is 4.99 Å². The van der Waals surface area contributed by atoms with Gasteiger partial charge in [-0.3, -0.25) is 24.2 Å². The minimum atomic E-state index is -1.31. The third-order valence-corrected chi connectivity index (χ3v) is 4.46. The Bertz CT molecular complexity index is 882. The number of carbonyl (C=O) groups is 4. The van der Waals surface area contributed by atoms with Gasteiger partial charge in [-0.05, 0) is 29.8 Å². The van der Waals surface area contributed by atoms with Gasteiger partial charge in [-0.2, -0.15) is 0 Å². The molecule has 1 aromatic carbocycles. The fourth-order valence-corrected chi connectivity index (χ4v) is 3.17. The van der Waals surface area contributed by atoms with Crippen molar-refractivity contribution in [2.75, 3.05) is 13.7 Å². The van der Waals surface area contributed by atoms with E-state index in [4.69, 9.17) is 28.4 Å². The van der Waals surface area contributed by atoms with Crippen molar-refractivity contribution in [1.29, 1.82) is 0 Å². The topological polar surface area (TPSA) is 136 Å². The fraction of sp³-hybridized carbons (Fsp3) is 0.500. The molecular weight excluding hydrogens is 438 g/mol. The van der Waals surface area contributed by atoms with Crippen LogP contribution in [0.2, 0.25) is 0 Å². The van der Waals surface area contributed by atoms with Gasteiger partial charge in [0.2, 0.25) is 6.29 Å². The average molecular weight is 465 g/mol. The van der Waals surface area contributed by atoms with Crippen LogP contribution in [0.25, 0.3) is 0 Å². The van der Waals surface area contributed by atoms with Gasteiger partial charge in [-0.15, -0.1) is 0 Å². The minimum absolute atomic E-state index is 0.336. The van der Waals surface area contributed by atoms with Crippen molar-refractivity contribution >= 4 is 30.1 Å². The van der Waals surface area contributed by atoms with Gasteiger partial charge < -0.3 is 28.4 Å². The van der Waals surface area contributed by atoms with Crippen molar-refractivity contribution in [2.24, 2.45) is 4.99 Å². The minimum Gasteiger partial charge on any atom is -0.497 e. The van der Waals surface area contributed by atoms with Crippen molar-refractivity contribution in [3.8, 4) is 5.75 Å². The van der Waals surface area contributed by atoms with Crippen LogP contribution in [0.15, 0.2) is 29.3 Å². The highest BCUT2D eigenvalue weighted by molar-refractivity contribution is 5.80. The predicted molar refractivity (Wildman–Crippen MR) is 113 cm³/mol. The first-order valence-electron chi connectivity index (χ1n) is 10.1. The maximum Gasteiger partial charge on any atom is 0.305 e. The van der Waals surface area contributed by atoms with Crippen LogP contribution in [0.4, 0.5) is 0 Å². The highest BCUT2D eigenvalue weighted by atomic mass is 16.7. The Balaban J connectivity index is 2.45. The lowest BCUT2D eigenvalue weighted by molar-refractivity contribution is -0.266. The number of aliphatic imine (C=N–C) groups is 1. The SMILES string of the molecule is COc1ccc(C=N[C@@H]2[C@@H](OC(C)=O)O[C@@H](COC(C)=O)[C@@H](OC(C)=O)[C@@H]2OC(C)=O)cc1. The molecule has 0 unspecified atom stereocenters. The summed E-state index contributed by atoms with van der Waals surface area (Å²) in [5.74, 6) is -2.00. The van der Waals surface area contributed by atoms with Crippen LogP contribution in [0, 0.1) is 0 Å². The Labute approximate surface area is 190 Å². The monoisotopic (exact) mass is 465 g/mol. The first-order valence-corrected chi connectivity index (χ1v) is 10.1. The molecule has 1 fully saturated rings. The molecule has 0 aromatic heterocycles. The summed E-state index contributed by atoms with van der Waals surface area (Å²) in [5.41, 5.74) is 0.671. The van der Waals surface area contributed by atoms with Gasteiger partial charge in [0.25, 0.3) is 0 Å². The van der Waals surface area contributed by atoms with Crippen molar-refractivity contribution in [1.82, 2.24) is 0 Å². The van der Waals surface area contributed by atoms with Crippen LogP contribution < -0.4 is 4.74 Å². The first-order chi connectivity index (χ1) is 15.6. The highest BCUT2D eigenvalue weighted by Crippen LogP contribution is 2.30. The second kappa shape index (κ2) is 12.0. The zero-order valence-electron chi connectivity index (χ0n) is 19.0. The zero-order chi connectivity index (χ0) is 24.5. The molecule has 0 amide bonds. The van der Waals surface area contributed by atoms with E-state index in [1.165, 1.54) is 41.0 Å². The Morgan fingerprint density at radius 3 is 1.97 bits per heavy atom. The summed E-state index contributed by atoms with van der Waals surface area (Å²) in [6, 6.07) is 5.84. The van der Waals surface area contributed by atoms with E-state index < -0.39 is 54.5 Å². The summed E-state index contributed by atoms with van der Waals surface area (Å²) in [6.45, 7) is 4.37. The van der Waals surface area contributed by atoms with E-state index in [-0.39, 0.29) is 6.61 Å². The van der Waals surface area contributed by atoms with E-state index in [1.807, 2.05) is 0 Å². The number of ether oxygens (including phenoxy) is 6. The third kappa shape index (κ3) is 7.86. The van der Waals surface area contributed by atoms with Crippen molar-refractivity contribution < 1.29 is 47.6 Å². The molecule has 1 aromatic rings. The van der Waals surface area contributed by atoms with Crippen molar-refractivity contribution in [2.45, 2.75) is 58.3 Å². The highest BCUT2D eigenvalue weighted by Gasteiger charge is 2.51.